The molecule has 0 spiro atoms. The third-order valence-corrected chi connectivity index (χ3v) is 2.87. The number of aromatic nitrogens is 1. The molecule has 2 aromatic rings. The summed E-state index contributed by atoms with van der Waals surface area (Å²) < 4.78 is 0. The van der Waals surface area contributed by atoms with Crippen LogP contribution in [0.2, 0.25) is 0 Å². The summed E-state index contributed by atoms with van der Waals surface area (Å²) in [6, 6.07) is 8.22. The van der Waals surface area contributed by atoms with Gasteiger partial charge in [-0.15, -0.1) is 0 Å². The summed E-state index contributed by atoms with van der Waals surface area (Å²) in [5.41, 5.74) is 0.489. The van der Waals surface area contributed by atoms with Gasteiger partial charge in [0.15, 0.2) is 0 Å². The predicted molar refractivity (Wildman–Crippen MR) is 83.4 cm³/mol. The van der Waals surface area contributed by atoms with Crippen LogP contribution in [0.1, 0.15) is 27.6 Å². The number of hydrogen-bond donors (Lipinski definition) is 2. The lowest BCUT2D eigenvalue weighted by Crippen LogP contribution is -2.30. The van der Waals surface area contributed by atoms with Crippen molar-refractivity contribution < 1.29 is 19.3 Å². The summed E-state index contributed by atoms with van der Waals surface area (Å²) >= 11 is 0. The van der Waals surface area contributed by atoms with Gasteiger partial charge in [-0.3, -0.25) is 19.7 Å². The van der Waals surface area contributed by atoms with Crippen LogP contribution in [0.5, 0.6) is 0 Å². The maximum atomic E-state index is 12.1. The molecule has 9 nitrogen and oxygen atoms in total. The Hall–Kier alpha value is -3.62. The second-order valence-corrected chi connectivity index (χ2v) is 4.71. The highest BCUT2D eigenvalue weighted by Crippen LogP contribution is 2.12. The van der Waals surface area contributed by atoms with Crippen LogP contribution in [0.3, 0.4) is 0 Å². The molecule has 0 bridgehead atoms. The molecule has 3 amide bonds. The van der Waals surface area contributed by atoms with Crippen LogP contribution in [-0.2, 0) is 4.79 Å². The molecule has 1 heterocycles. The molecule has 0 aliphatic heterocycles. The minimum Gasteiger partial charge on any atom is -0.358 e. The lowest BCUT2D eigenvalue weighted by atomic mass is 10.1. The van der Waals surface area contributed by atoms with Gasteiger partial charge in [0.05, 0.1) is 5.56 Å². The van der Waals surface area contributed by atoms with Crippen molar-refractivity contribution in [2.75, 3.05) is 5.32 Å². The first kappa shape index (κ1) is 16.7. The Bertz CT molecular complexity index is 834. The van der Waals surface area contributed by atoms with E-state index in [4.69, 9.17) is 0 Å². The number of amides is 3. The molecule has 122 valence electrons. The van der Waals surface area contributed by atoms with Crippen molar-refractivity contribution >= 4 is 29.2 Å². The average Bonchev–Trinajstić information content (AvgIpc) is 2.54. The maximum absolute atomic E-state index is 12.1. The normalized spacial score (nSPS) is 9.88. The number of carbonyl (C=O) groups is 3. The minimum absolute atomic E-state index is 0.0666. The zero-order chi connectivity index (χ0) is 17.7. The van der Waals surface area contributed by atoms with E-state index < -0.39 is 22.6 Å². The molecule has 0 aliphatic carbocycles. The number of carbonyl (C=O) groups excluding carboxylic acids is 3. The standard InChI is InChI=1S/C15H12N4O5/c1-9(20)17-12-4-2-3-10(7-12)14(21)18-15(22)11-5-6-16-13(8-11)19(23)24/h2-8H,1H3,(H,17,20)(H,18,21,22). The SMILES string of the molecule is CC(=O)Nc1cccc(C(=O)NC(=O)c2ccnc([N+](=O)[O-])c2)c1. The highest BCUT2D eigenvalue weighted by molar-refractivity contribution is 6.10. The predicted octanol–water partition coefficient (Wildman–Crippen LogP) is 1.52. The fourth-order valence-electron chi connectivity index (χ4n) is 1.85. The molecule has 1 aromatic heterocycles. The number of benzene rings is 1. The molecule has 0 unspecified atom stereocenters. The van der Waals surface area contributed by atoms with Crippen molar-refractivity contribution in [2.24, 2.45) is 0 Å². The zero-order valence-corrected chi connectivity index (χ0v) is 12.5. The van der Waals surface area contributed by atoms with Gasteiger partial charge >= 0.3 is 5.82 Å². The third-order valence-electron chi connectivity index (χ3n) is 2.87. The first-order chi connectivity index (χ1) is 11.4. The van der Waals surface area contributed by atoms with Crippen molar-refractivity contribution in [3.8, 4) is 0 Å². The van der Waals surface area contributed by atoms with Crippen molar-refractivity contribution in [3.63, 3.8) is 0 Å². The van der Waals surface area contributed by atoms with Gasteiger partial charge in [-0.05, 0) is 34.2 Å². The summed E-state index contributed by atoms with van der Waals surface area (Å²) in [6.07, 6.45) is 1.11. The number of pyridine rings is 1. The van der Waals surface area contributed by atoms with Gasteiger partial charge in [-0.1, -0.05) is 6.07 Å². The van der Waals surface area contributed by atoms with E-state index in [0.717, 1.165) is 12.3 Å². The average molecular weight is 328 g/mol. The van der Waals surface area contributed by atoms with E-state index in [1.807, 2.05) is 0 Å². The lowest BCUT2D eigenvalue weighted by molar-refractivity contribution is -0.389. The van der Waals surface area contributed by atoms with Crippen LogP contribution >= 0.6 is 0 Å². The second-order valence-electron chi connectivity index (χ2n) is 4.71. The zero-order valence-electron chi connectivity index (χ0n) is 12.5. The van der Waals surface area contributed by atoms with Crippen molar-refractivity contribution in [1.29, 1.82) is 0 Å². The van der Waals surface area contributed by atoms with Crippen LogP contribution in [-0.4, -0.2) is 27.6 Å². The minimum atomic E-state index is -0.796. The van der Waals surface area contributed by atoms with Gasteiger partial charge in [-0.25, -0.2) is 0 Å². The molecule has 0 saturated carbocycles. The molecular formula is C15H12N4O5. The summed E-state index contributed by atoms with van der Waals surface area (Å²) in [5, 5.41) is 15.3. The van der Waals surface area contributed by atoms with E-state index in [1.165, 1.54) is 25.1 Å². The quantitative estimate of drug-likeness (QED) is 0.497. The van der Waals surface area contributed by atoms with E-state index >= 15 is 0 Å². The molecular weight excluding hydrogens is 316 g/mol. The van der Waals surface area contributed by atoms with Gasteiger partial charge in [0.2, 0.25) is 5.91 Å². The number of nitrogens with one attached hydrogen (secondary N) is 2. The summed E-state index contributed by atoms with van der Waals surface area (Å²) in [7, 11) is 0. The topological polar surface area (TPSA) is 131 Å². The van der Waals surface area contributed by atoms with Gasteiger partial charge < -0.3 is 15.4 Å². The molecule has 1 aromatic carbocycles. The fraction of sp³-hybridized carbons (Fsp3) is 0.0667. The Morgan fingerprint density at radius 3 is 2.38 bits per heavy atom. The number of nitrogens with zero attached hydrogens (tertiary/aromatic N) is 2. The largest absolute Gasteiger partial charge is 0.364 e. The Morgan fingerprint density at radius 1 is 1.08 bits per heavy atom. The molecule has 0 saturated heterocycles. The van der Waals surface area contributed by atoms with Gasteiger partial charge in [0, 0.05) is 24.2 Å². The number of rotatable bonds is 4. The van der Waals surface area contributed by atoms with E-state index in [-0.39, 0.29) is 17.0 Å². The second kappa shape index (κ2) is 7.09. The van der Waals surface area contributed by atoms with Crippen molar-refractivity contribution in [2.45, 2.75) is 6.92 Å². The molecule has 24 heavy (non-hydrogen) atoms. The summed E-state index contributed by atoms with van der Waals surface area (Å²) in [5.74, 6) is -2.29. The number of hydrogen-bond acceptors (Lipinski definition) is 6. The van der Waals surface area contributed by atoms with Crippen LogP contribution < -0.4 is 10.6 Å². The van der Waals surface area contributed by atoms with Gasteiger partial charge in [0.25, 0.3) is 11.8 Å². The fourth-order valence-corrected chi connectivity index (χ4v) is 1.85. The van der Waals surface area contributed by atoms with E-state index in [1.54, 1.807) is 12.1 Å². The molecule has 2 N–H and O–H groups in total. The van der Waals surface area contributed by atoms with E-state index in [0.29, 0.717) is 5.69 Å². The van der Waals surface area contributed by atoms with Crippen LogP contribution in [0.25, 0.3) is 0 Å². The molecule has 0 aliphatic rings. The van der Waals surface area contributed by atoms with Crippen molar-refractivity contribution in [1.82, 2.24) is 10.3 Å². The lowest BCUT2D eigenvalue weighted by Gasteiger charge is -2.06. The van der Waals surface area contributed by atoms with Crippen LogP contribution in [0, 0.1) is 10.1 Å². The Morgan fingerprint density at radius 2 is 1.75 bits per heavy atom. The van der Waals surface area contributed by atoms with E-state index in [2.05, 4.69) is 15.6 Å². The van der Waals surface area contributed by atoms with Crippen molar-refractivity contribution in [3.05, 3.63) is 63.8 Å². The molecule has 2 rings (SSSR count). The number of anilines is 1. The van der Waals surface area contributed by atoms with E-state index in [9.17, 15) is 24.5 Å². The molecule has 9 heteroatoms. The highest BCUT2D eigenvalue weighted by atomic mass is 16.6. The van der Waals surface area contributed by atoms with Gasteiger partial charge in [0.1, 0.15) is 6.20 Å². The molecule has 0 atom stereocenters. The highest BCUT2D eigenvalue weighted by Gasteiger charge is 2.16. The summed E-state index contributed by atoms with van der Waals surface area (Å²) in [4.78, 5) is 48.5. The van der Waals surface area contributed by atoms with Gasteiger partial charge in [-0.2, -0.15) is 0 Å². The number of nitro groups is 1. The Kier molecular flexibility index (Phi) is 4.95. The molecule has 0 fully saturated rings. The smallest absolute Gasteiger partial charge is 0.358 e. The Balaban J connectivity index is 2.14. The first-order valence-corrected chi connectivity index (χ1v) is 6.70. The summed E-state index contributed by atoms with van der Waals surface area (Å²) in [6.45, 7) is 1.33. The third kappa shape index (κ3) is 4.19. The molecule has 0 radical (unpaired) electrons. The first-order valence-electron chi connectivity index (χ1n) is 6.70. The number of imide groups is 1. The Labute approximate surface area is 135 Å². The maximum Gasteiger partial charge on any atom is 0.364 e. The van der Waals surface area contributed by atoms with Crippen LogP contribution in [0.15, 0.2) is 42.6 Å². The van der Waals surface area contributed by atoms with Crippen LogP contribution in [0.4, 0.5) is 11.5 Å². The monoisotopic (exact) mass is 328 g/mol.